The average Bonchev–Trinajstić information content (AvgIpc) is 0. The van der Waals surface area contributed by atoms with E-state index in [4.69, 9.17) is 0 Å². The Bertz CT molecular complexity index is 7.51. The van der Waals surface area contributed by atoms with Crippen LogP contribution in [0.2, 0.25) is 0 Å². The molecule has 4 N–H and O–H groups in total. The second kappa shape index (κ2) is 110. The number of rotatable bonds is 0. The molecule has 0 heterocycles. The van der Waals surface area contributed by atoms with Crippen molar-refractivity contribution < 1.29 is 38.4 Å². The van der Waals surface area contributed by atoms with Crippen molar-refractivity contribution in [1.82, 2.24) is 0 Å². The van der Waals surface area contributed by atoms with Crippen molar-refractivity contribution in [2.24, 2.45) is 0 Å². The van der Waals surface area contributed by atoms with Crippen LogP contribution in [-0.4, -0.2) is 49.2 Å². The zero-order valence-electron chi connectivity index (χ0n) is 2.61. The molecule has 4 nitrogen and oxygen atoms in total. The maximum atomic E-state index is 0. The van der Waals surface area contributed by atoms with Crippen LogP contribution in [0.25, 0.3) is 0 Å². The third kappa shape index (κ3) is 60.4. The average molecular weight is 334 g/mol. The zero-order valence-corrected chi connectivity index (χ0v) is 7.48. The first-order valence-corrected chi connectivity index (χ1v) is 0. The molecule has 0 aromatic heterocycles. The van der Waals surface area contributed by atoms with E-state index in [9.17, 15) is 0 Å². The molecule has 6 heteroatoms. The monoisotopic (exact) mass is 334 g/mol. The summed E-state index contributed by atoms with van der Waals surface area (Å²) in [5.74, 6) is 0. The van der Waals surface area contributed by atoms with Crippen molar-refractivity contribution in [1.29, 1.82) is 0 Å². The fraction of sp³-hybridized carbons (Fsp3) is 0. The van der Waals surface area contributed by atoms with Crippen molar-refractivity contribution in [3.63, 3.8) is 0 Å². The fourth-order valence-electron chi connectivity index (χ4n) is 0. The van der Waals surface area contributed by atoms with Crippen LogP contribution >= 0.6 is 0 Å². The van der Waals surface area contributed by atoms with Gasteiger partial charge in [-0.25, -0.2) is 0 Å². The van der Waals surface area contributed by atoms with Gasteiger partial charge in [-0.1, -0.05) is 0 Å². The van der Waals surface area contributed by atoms with E-state index in [1.807, 2.05) is 0 Å². The van der Waals surface area contributed by atoms with Gasteiger partial charge in [0, 0.05) is 0 Å². The van der Waals surface area contributed by atoms with Crippen LogP contribution in [0.15, 0.2) is 0 Å². The van der Waals surface area contributed by atoms with Gasteiger partial charge in [0.15, 0.2) is 0 Å². The standard InChI is InChI=1S/Ni.4H2O.Pb/h;4*1H2;/q+2;;;;;+2/p-4. The van der Waals surface area contributed by atoms with Crippen molar-refractivity contribution >= 4 is 27.3 Å². The third-order valence-electron chi connectivity index (χ3n) is 0. The van der Waals surface area contributed by atoms with Gasteiger partial charge in [0.25, 0.3) is 0 Å². The van der Waals surface area contributed by atoms with Gasteiger partial charge in [0.1, 0.15) is 0 Å². The smallest absolute Gasteiger partial charge is 0.870 e. The van der Waals surface area contributed by atoms with Crippen molar-refractivity contribution in [3.8, 4) is 0 Å². The molecule has 0 saturated heterocycles. The summed E-state index contributed by atoms with van der Waals surface area (Å²) in [4.78, 5) is 0. The fourth-order valence-corrected chi connectivity index (χ4v) is 0. The Labute approximate surface area is 65.6 Å². The maximum absolute atomic E-state index is 0. The molecular formula is H4NiO4Pb. The summed E-state index contributed by atoms with van der Waals surface area (Å²) in [6.45, 7) is 0. The predicted octanol–water partition coefficient (Wildman–Crippen LogP) is -1.09. The van der Waals surface area contributed by atoms with Crippen LogP contribution in [0.1, 0.15) is 0 Å². The summed E-state index contributed by atoms with van der Waals surface area (Å²) in [6, 6.07) is 0. The first-order chi connectivity index (χ1) is 0. The molecule has 0 bridgehead atoms. The van der Waals surface area contributed by atoms with Gasteiger partial charge in [-0.15, -0.1) is 0 Å². The van der Waals surface area contributed by atoms with Crippen LogP contribution in [0.4, 0.5) is 0 Å². The second-order valence-corrected chi connectivity index (χ2v) is 0. The van der Waals surface area contributed by atoms with Crippen LogP contribution in [0, 0.1) is 0 Å². The normalized spacial score (nSPS) is 0. The summed E-state index contributed by atoms with van der Waals surface area (Å²) >= 11 is 0. The molecule has 6 heavy (non-hydrogen) atoms. The molecule has 0 aliphatic carbocycles. The molecule has 2 radical (unpaired) electrons. The SMILES string of the molecule is [Ni+2].[OH-].[OH-].[OH-].[OH-].[Pb+2]. The Kier molecular flexibility index (Phi) is 3290. The Morgan fingerprint density at radius 3 is 0.500 bits per heavy atom. The van der Waals surface area contributed by atoms with E-state index in [0.29, 0.717) is 0 Å². The summed E-state index contributed by atoms with van der Waals surface area (Å²) < 4.78 is 0. The van der Waals surface area contributed by atoms with E-state index in [0.717, 1.165) is 0 Å². The molecule has 0 rings (SSSR count). The van der Waals surface area contributed by atoms with Gasteiger partial charge in [-0.2, -0.15) is 0 Å². The third-order valence-corrected chi connectivity index (χ3v) is 0. The number of hydrogen-bond donors (Lipinski definition) is 0. The molecule has 0 spiro atoms. The molecular weight excluding hydrogens is 330 g/mol. The first kappa shape index (κ1) is 180. The molecule has 0 aliphatic rings. The van der Waals surface area contributed by atoms with Gasteiger partial charge in [0.05, 0.1) is 0 Å². The molecule has 0 aliphatic heterocycles. The van der Waals surface area contributed by atoms with Gasteiger partial charge in [0.2, 0.25) is 0 Å². The minimum atomic E-state index is 0. The first-order valence-electron chi connectivity index (χ1n) is 0. The maximum Gasteiger partial charge on any atom is 2.00 e. The molecule has 0 unspecified atom stereocenters. The van der Waals surface area contributed by atoms with Crippen LogP contribution in [0.5, 0.6) is 0 Å². The Morgan fingerprint density at radius 2 is 0.500 bits per heavy atom. The number of hydrogen-bond acceptors (Lipinski definition) is 4. The van der Waals surface area contributed by atoms with E-state index >= 15 is 0 Å². The minimum Gasteiger partial charge on any atom is -0.870 e. The molecule has 0 saturated carbocycles. The van der Waals surface area contributed by atoms with E-state index in [-0.39, 0.29) is 65.7 Å². The topological polar surface area (TPSA) is 120 Å². The molecule has 0 atom stereocenters. The molecule has 0 amide bonds. The van der Waals surface area contributed by atoms with Gasteiger partial charge >= 0.3 is 43.8 Å². The summed E-state index contributed by atoms with van der Waals surface area (Å²) in [7, 11) is 0. The van der Waals surface area contributed by atoms with Crippen molar-refractivity contribution in [3.05, 3.63) is 0 Å². The molecule has 42 valence electrons. The van der Waals surface area contributed by atoms with Crippen LogP contribution < -0.4 is 0 Å². The van der Waals surface area contributed by atoms with Crippen LogP contribution in [-0.2, 0) is 16.5 Å². The Hall–Kier alpha value is 1.26. The minimum absolute atomic E-state index is 0. The summed E-state index contributed by atoms with van der Waals surface area (Å²) in [5, 5.41) is 0. The van der Waals surface area contributed by atoms with E-state index in [2.05, 4.69) is 0 Å². The second-order valence-electron chi connectivity index (χ2n) is 0. The summed E-state index contributed by atoms with van der Waals surface area (Å²) in [6.07, 6.45) is 0. The Balaban J connectivity index is 0. The van der Waals surface area contributed by atoms with Gasteiger partial charge in [-0.05, 0) is 0 Å². The Morgan fingerprint density at radius 1 is 0.500 bits per heavy atom. The van der Waals surface area contributed by atoms with Gasteiger partial charge < -0.3 is 21.9 Å². The van der Waals surface area contributed by atoms with E-state index < -0.39 is 0 Å². The predicted molar refractivity (Wildman–Crippen MR) is 13.5 cm³/mol. The van der Waals surface area contributed by atoms with Crippen molar-refractivity contribution in [2.45, 2.75) is 0 Å². The van der Waals surface area contributed by atoms with Crippen molar-refractivity contribution in [2.75, 3.05) is 0 Å². The van der Waals surface area contributed by atoms with E-state index in [1.54, 1.807) is 0 Å². The van der Waals surface area contributed by atoms with E-state index in [1.165, 1.54) is 0 Å². The summed E-state index contributed by atoms with van der Waals surface area (Å²) in [5.41, 5.74) is 0. The largest absolute Gasteiger partial charge is 2.00 e. The molecule has 0 aromatic carbocycles. The van der Waals surface area contributed by atoms with Crippen LogP contribution in [0.3, 0.4) is 0 Å². The molecule has 0 fully saturated rings. The zero-order chi connectivity index (χ0) is 0. The van der Waals surface area contributed by atoms with Gasteiger partial charge in [-0.3, -0.25) is 0 Å². The molecule has 0 aromatic rings. The quantitative estimate of drug-likeness (QED) is 0.523.